The van der Waals surface area contributed by atoms with E-state index in [4.69, 9.17) is 34.8 Å². The maximum Gasteiger partial charge on any atom is 0.434 e. The predicted molar refractivity (Wildman–Crippen MR) is 77.4 cm³/mol. The molecule has 0 atom stereocenters. The van der Waals surface area contributed by atoms with Gasteiger partial charge in [-0.25, -0.2) is 9.97 Å². The Kier molecular flexibility index (Phi) is 4.92. The fourth-order valence-corrected chi connectivity index (χ4v) is 3.10. The van der Waals surface area contributed by atoms with Crippen molar-refractivity contribution in [2.24, 2.45) is 0 Å². The number of halogens is 6. The van der Waals surface area contributed by atoms with Crippen LogP contribution in [0.25, 0.3) is 0 Å². The van der Waals surface area contributed by atoms with Crippen LogP contribution in [0.4, 0.5) is 13.2 Å². The lowest BCUT2D eigenvalue weighted by Crippen LogP contribution is -2.12. The van der Waals surface area contributed by atoms with Gasteiger partial charge in [-0.15, -0.1) is 0 Å². The third kappa shape index (κ3) is 3.94. The molecule has 0 radical (unpaired) electrons. The molecule has 1 aromatic heterocycles. The second kappa shape index (κ2) is 6.20. The van der Waals surface area contributed by atoms with E-state index in [0.29, 0.717) is 9.92 Å². The van der Waals surface area contributed by atoms with Crippen LogP contribution in [0.3, 0.4) is 0 Å². The van der Waals surface area contributed by atoms with E-state index >= 15 is 0 Å². The average Bonchev–Trinajstić information content (AvgIpc) is 2.35. The third-order valence-corrected chi connectivity index (χ3v) is 4.52. The van der Waals surface area contributed by atoms with Gasteiger partial charge in [0.1, 0.15) is 11.0 Å². The molecule has 112 valence electrons. The Hall–Kier alpha value is -0.690. The number of benzene rings is 1. The van der Waals surface area contributed by atoms with Crippen LogP contribution in [-0.4, -0.2) is 9.97 Å². The fraction of sp³-hybridized carbons (Fsp3) is 0.167. The molecule has 0 aliphatic rings. The van der Waals surface area contributed by atoms with Crippen molar-refractivity contribution in [2.75, 3.05) is 0 Å². The first kappa shape index (κ1) is 16.7. The molecule has 2 nitrogen and oxygen atoms in total. The van der Waals surface area contributed by atoms with Gasteiger partial charge in [-0.3, -0.25) is 0 Å². The van der Waals surface area contributed by atoms with Gasteiger partial charge in [0.05, 0.1) is 14.9 Å². The predicted octanol–water partition coefficient (Wildman–Crippen LogP) is 5.92. The number of aromatic nitrogens is 2. The van der Waals surface area contributed by atoms with Crippen LogP contribution in [0.1, 0.15) is 11.5 Å². The zero-order valence-electron chi connectivity index (χ0n) is 10.3. The molecule has 0 saturated carbocycles. The maximum absolute atomic E-state index is 13.0. The zero-order chi connectivity index (χ0) is 15.8. The van der Waals surface area contributed by atoms with Gasteiger partial charge in [-0.2, -0.15) is 13.2 Å². The summed E-state index contributed by atoms with van der Waals surface area (Å²) in [5.41, 5.74) is -1.07. The summed E-state index contributed by atoms with van der Waals surface area (Å²) in [5.74, 6) is -0.0502. The molecule has 0 aliphatic heterocycles. The Labute approximate surface area is 137 Å². The van der Waals surface area contributed by atoms with E-state index in [2.05, 4.69) is 9.97 Å². The van der Waals surface area contributed by atoms with Crippen molar-refractivity contribution in [3.05, 3.63) is 44.9 Å². The molecule has 0 N–H and O–H groups in total. The maximum atomic E-state index is 13.0. The number of aryl methyl sites for hydroxylation is 1. The minimum Gasteiger partial charge on any atom is -0.227 e. The minimum atomic E-state index is -4.63. The normalized spacial score (nSPS) is 11.8. The number of nitrogens with zero attached hydrogens (tertiary/aromatic N) is 2. The molecule has 0 fully saturated rings. The zero-order valence-corrected chi connectivity index (χ0v) is 13.4. The molecule has 2 aromatic rings. The molecule has 0 unspecified atom stereocenters. The van der Waals surface area contributed by atoms with Crippen LogP contribution < -0.4 is 0 Å². The van der Waals surface area contributed by atoms with E-state index in [1.54, 1.807) is 0 Å². The van der Waals surface area contributed by atoms with Gasteiger partial charge >= 0.3 is 6.18 Å². The van der Waals surface area contributed by atoms with E-state index < -0.39 is 11.9 Å². The van der Waals surface area contributed by atoms with E-state index in [-0.39, 0.29) is 20.9 Å². The van der Waals surface area contributed by atoms with Crippen LogP contribution in [0.5, 0.6) is 0 Å². The molecule has 9 heteroatoms. The highest BCUT2D eigenvalue weighted by Gasteiger charge is 2.37. The van der Waals surface area contributed by atoms with Crippen molar-refractivity contribution in [3.63, 3.8) is 0 Å². The van der Waals surface area contributed by atoms with Crippen LogP contribution in [-0.2, 0) is 6.18 Å². The van der Waals surface area contributed by atoms with Crippen molar-refractivity contribution in [1.29, 1.82) is 0 Å². The van der Waals surface area contributed by atoms with E-state index in [0.717, 1.165) is 11.8 Å². The Morgan fingerprint density at radius 3 is 2.29 bits per heavy atom. The van der Waals surface area contributed by atoms with E-state index in [1.807, 2.05) is 0 Å². The van der Waals surface area contributed by atoms with Crippen molar-refractivity contribution in [1.82, 2.24) is 9.97 Å². The van der Waals surface area contributed by atoms with Gasteiger partial charge in [0.2, 0.25) is 0 Å². The summed E-state index contributed by atoms with van der Waals surface area (Å²) in [5, 5.41) is 0.286. The first-order chi connectivity index (χ1) is 9.68. The number of hydrogen-bond donors (Lipinski definition) is 0. The number of hydrogen-bond acceptors (Lipinski definition) is 3. The Morgan fingerprint density at radius 1 is 1.05 bits per heavy atom. The number of rotatable bonds is 2. The van der Waals surface area contributed by atoms with Gasteiger partial charge in [-0.1, -0.05) is 46.6 Å². The summed E-state index contributed by atoms with van der Waals surface area (Å²) in [4.78, 5) is 7.38. The summed E-state index contributed by atoms with van der Waals surface area (Å²) in [6, 6.07) is 4.47. The molecule has 0 spiro atoms. The van der Waals surface area contributed by atoms with Crippen molar-refractivity contribution >= 4 is 46.6 Å². The second-order valence-electron chi connectivity index (χ2n) is 3.92. The van der Waals surface area contributed by atoms with Crippen LogP contribution in [0.15, 0.2) is 28.0 Å². The Balaban J connectivity index is 2.50. The van der Waals surface area contributed by atoms with Gasteiger partial charge in [0.25, 0.3) is 0 Å². The average molecular weight is 374 g/mol. The van der Waals surface area contributed by atoms with Crippen LogP contribution in [0.2, 0.25) is 15.2 Å². The van der Waals surface area contributed by atoms with Crippen LogP contribution in [0, 0.1) is 6.92 Å². The lowest BCUT2D eigenvalue weighted by Gasteiger charge is -2.13. The lowest BCUT2D eigenvalue weighted by molar-refractivity contribution is -0.143. The molecule has 1 aromatic carbocycles. The number of alkyl halides is 3. The molecule has 21 heavy (non-hydrogen) atoms. The van der Waals surface area contributed by atoms with Crippen LogP contribution >= 0.6 is 46.6 Å². The molecular weight excluding hydrogens is 368 g/mol. The molecule has 0 amide bonds. The molecule has 0 saturated heterocycles. The highest BCUT2D eigenvalue weighted by molar-refractivity contribution is 7.99. The molecule has 0 aliphatic carbocycles. The summed E-state index contributed by atoms with van der Waals surface area (Å²) in [6.07, 6.45) is -4.63. The Bertz CT molecular complexity index is 692. The summed E-state index contributed by atoms with van der Waals surface area (Å²) >= 11 is 18.2. The largest absolute Gasteiger partial charge is 0.434 e. The van der Waals surface area contributed by atoms with Crippen molar-refractivity contribution < 1.29 is 13.2 Å². The lowest BCUT2D eigenvalue weighted by atomic mass is 10.4. The summed E-state index contributed by atoms with van der Waals surface area (Å²) in [7, 11) is 0. The topological polar surface area (TPSA) is 25.8 Å². The van der Waals surface area contributed by atoms with Gasteiger partial charge in [-0.05, 0) is 25.1 Å². The first-order valence-corrected chi connectivity index (χ1v) is 7.37. The SMILES string of the molecule is Cc1nc(Cl)c(Sc2ccc(Cl)c(Cl)c2)c(C(F)(F)F)n1. The highest BCUT2D eigenvalue weighted by atomic mass is 35.5. The summed E-state index contributed by atoms with van der Waals surface area (Å²) in [6.45, 7) is 1.34. The molecule has 2 rings (SSSR count). The third-order valence-electron chi connectivity index (χ3n) is 2.32. The van der Waals surface area contributed by atoms with Crippen molar-refractivity contribution in [2.45, 2.75) is 22.9 Å². The standard InChI is InChI=1S/C12H6Cl3F3N2S/c1-5-19-10(12(16,17)18)9(11(15)20-5)21-6-2-3-7(13)8(14)4-6/h2-4H,1H3. The summed E-state index contributed by atoms with van der Waals surface area (Å²) < 4.78 is 39.1. The highest BCUT2D eigenvalue weighted by Crippen LogP contribution is 2.42. The molecule has 0 bridgehead atoms. The van der Waals surface area contributed by atoms with E-state index in [9.17, 15) is 13.2 Å². The second-order valence-corrected chi connectivity index (χ2v) is 6.17. The van der Waals surface area contributed by atoms with Gasteiger partial charge in [0.15, 0.2) is 5.69 Å². The fourth-order valence-electron chi connectivity index (χ4n) is 1.47. The quantitative estimate of drug-likeness (QED) is 0.612. The molecule has 1 heterocycles. The molecular formula is C12H6Cl3F3N2S. The smallest absolute Gasteiger partial charge is 0.227 e. The first-order valence-electron chi connectivity index (χ1n) is 5.42. The monoisotopic (exact) mass is 372 g/mol. The Morgan fingerprint density at radius 2 is 1.71 bits per heavy atom. The minimum absolute atomic E-state index is 0.0502. The van der Waals surface area contributed by atoms with Crippen molar-refractivity contribution in [3.8, 4) is 0 Å². The van der Waals surface area contributed by atoms with Gasteiger partial charge < -0.3 is 0 Å². The van der Waals surface area contributed by atoms with E-state index in [1.165, 1.54) is 25.1 Å². The van der Waals surface area contributed by atoms with Gasteiger partial charge in [0, 0.05) is 4.90 Å².